The number of pyridine rings is 1. The minimum atomic E-state index is -4.90. The summed E-state index contributed by atoms with van der Waals surface area (Å²) in [5.41, 5.74) is 1.12. The van der Waals surface area contributed by atoms with E-state index in [1.54, 1.807) is 6.07 Å². The fourth-order valence-electron chi connectivity index (χ4n) is 5.47. The van der Waals surface area contributed by atoms with Gasteiger partial charge in [-0.25, -0.2) is 0 Å². The van der Waals surface area contributed by atoms with Crippen LogP contribution in [0.4, 0.5) is 32.0 Å². The van der Waals surface area contributed by atoms with Crippen molar-refractivity contribution in [2.45, 2.75) is 69.4 Å². The Morgan fingerprint density at radius 1 is 0.925 bits per heavy atom. The van der Waals surface area contributed by atoms with Gasteiger partial charge in [0.2, 0.25) is 5.91 Å². The number of rotatable bonds is 7. The lowest BCUT2D eigenvalue weighted by molar-refractivity contribution is -0.274. The molecule has 0 bridgehead atoms. The first kappa shape index (κ1) is 28.0. The molecule has 10 heteroatoms. The Morgan fingerprint density at radius 2 is 1.60 bits per heavy atom. The maximum Gasteiger partial charge on any atom is 0.573 e. The molecule has 0 unspecified atom stereocenters. The molecule has 2 aliphatic rings. The van der Waals surface area contributed by atoms with E-state index in [1.165, 1.54) is 29.2 Å². The van der Waals surface area contributed by atoms with E-state index >= 15 is 0 Å². The Morgan fingerprint density at radius 3 is 2.23 bits per heavy atom. The molecule has 1 aliphatic heterocycles. The van der Waals surface area contributed by atoms with Crippen molar-refractivity contribution >= 4 is 11.6 Å². The monoisotopic (exact) mass is 562 g/mol. The Kier molecular flexibility index (Phi) is 7.08. The van der Waals surface area contributed by atoms with E-state index in [9.17, 15) is 31.1 Å². The third kappa shape index (κ3) is 6.10. The fourth-order valence-corrected chi connectivity index (χ4v) is 5.47. The molecule has 0 radical (unpaired) electrons. The number of aromatic nitrogens is 1. The second-order valence-electron chi connectivity index (χ2n) is 11.1. The van der Waals surface area contributed by atoms with Crippen molar-refractivity contribution in [3.05, 3.63) is 89.2 Å². The van der Waals surface area contributed by atoms with Crippen LogP contribution in [-0.2, 0) is 16.4 Å². The summed E-state index contributed by atoms with van der Waals surface area (Å²) >= 11 is 0. The zero-order valence-corrected chi connectivity index (χ0v) is 21.9. The summed E-state index contributed by atoms with van der Waals surface area (Å²) in [5.74, 6) is -0.830. The van der Waals surface area contributed by atoms with Gasteiger partial charge in [-0.3, -0.25) is 9.78 Å². The van der Waals surface area contributed by atoms with Crippen molar-refractivity contribution in [2.75, 3.05) is 4.90 Å². The summed E-state index contributed by atoms with van der Waals surface area (Å²) in [6, 6.07) is 14.8. The highest BCUT2D eigenvalue weighted by atomic mass is 19.4. The Bertz CT molecular complexity index is 1380. The maximum atomic E-state index is 13.9. The van der Waals surface area contributed by atoms with Gasteiger partial charge in [0.15, 0.2) is 0 Å². The number of anilines is 1. The highest BCUT2D eigenvalue weighted by Crippen LogP contribution is 2.46. The molecule has 4 nitrogen and oxygen atoms in total. The summed E-state index contributed by atoms with van der Waals surface area (Å²) in [6.45, 7) is 3.99. The average molecular weight is 563 g/mol. The van der Waals surface area contributed by atoms with E-state index in [0.29, 0.717) is 17.9 Å². The molecule has 1 saturated carbocycles. The molecule has 1 saturated heterocycles. The molecule has 5 rings (SSSR count). The van der Waals surface area contributed by atoms with Crippen molar-refractivity contribution < 1.29 is 35.9 Å². The molecule has 2 fully saturated rings. The van der Waals surface area contributed by atoms with E-state index in [2.05, 4.69) is 4.74 Å². The first-order chi connectivity index (χ1) is 18.7. The molecule has 40 heavy (non-hydrogen) atoms. The zero-order valence-electron chi connectivity index (χ0n) is 21.9. The van der Waals surface area contributed by atoms with E-state index in [-0.39, 0.29) is 18.0 Å². The third-order valence-electron chi connectivity index (χ3n) is 7.57. The van der Waals surface area contributed by atoms with Gasteiger partial charge in [0.25, 0.3) is 0 Å². The smallest absolute Gasteiger partial charge is 0.406 e. The van der Waals surface area contributed by atoms with E-state index in [1.807, 2.05) is 32.0 Å². The number of ether oxygens (including phenoxy) is 1. The fraction of sp³-hybridized carbons (Fsp3) is 0.400. The summed E-state index contributed by atoms with van der Waals surface area (Å²) in [6.07, 6.45) is -6.59. The maximum absolute atomic E-state index is 13.9. The molecule has 212 valence electrons. The van der Waals surface area contributed by atoms with Crippen LogP contribution in [0.5, 0.6) is 5.75 Å². The van der Waals surface area contributed by atoms with Gasteiger partial charge < -0.3 is 9.64 Å². The standard InChI is InChI=1S/C30H28F6N2O2/c1-28(2,26-8-4-7-24(37-26)18-9-10-18)17-20-16-25(19-5-3-6-23(15-19)40-30(34,35)36)38(27(20)39)22-13-11-21(12-14-22)29(31,32)33/h3-8,11-15,18,20,25H,9-10,16-17H2,1-2H3/t20-,25+/m0/s1. The van der Waals surface area contributed by atoms with Gasteiger partial charge in [-0.1, -0.05) is 32.0 Å². The van der Waals surface area contributed by atoms with Gasteiger partial charge >= 0.3 is 12.5 Å². The molecule has 2 atom stereocenters. The molecule has 1 amide bonds. The number of hydrogen-bond acceptors (Lipinski definition) is 3. The van der Waals surface area contributed by atoms with Gasteiger partial charge in [-0.15, -0.1) is 13.2 Å². The highest BCUT2D eigenvalue weighted by Gasteiger charge is 2.44. The third-order valence-corrected chi connectivity index (χ3v) is 7.57. The number of carbonyl (C=O) groups is 1. The van der Waals surface area contributed by atoms with Crippen LogP contribution in [0.3, 0.4) is 0 Å². The average Bonchev–Trinajstić information content (AvgIpc) is 3.68. The zero-order chi connectivity index (χ0) is 28.9. The molecule has 2 aromatic carbocycles. The van der Waals surface area contributed by atoms with Gasteiger partial charge in [0, 0.05) is 34.3 Å². The minimum Gasteiger partial charge on any atom is -0.406 e. The predicted octanol–water partition coefficient (Wildman–Crippen LogP) is 8.34. The predicted molar refractivity (Wildman–Crippen MR) is 137 cm³/mol. The van der Waals surface area contributed by atoms with Crippen LogP contribution in [0.2, 0.25) is 0 Å². The first-order valence-corrected chi connectivity index (χ1v) is 13.0. The number of hydrogen-bond donors (Lipinski definition) is 0. The lowest BCUT2D eigenvalue weighted by Crippen LogP contribution is -2.32. The number of carbonyl (C=O) groups excluding carboxylic acids is 1. The molecular weight excluding hydrogens is 534 g/mol. The first-order valence-electron chi connectivity index (χ1n) is 13.0. The van der Waals surface area contributed by atoms with Crippen molar-refractivity contribution in [2.24, 2.45) is 5.92 Å². The Hall–Kier alpha value is -3.56. The number of alkyl halides is 6. The van der Waals surface area contributed by atoms with Gasteiger partial charge in [0.1, 0.15) is 5.75 Å². The lowest BCUT2D eigenvalue weighted by Gasteiger charge is -2.28. The Balaban J connectivity index is 1.47. The van der Waals surface area contributed by atoms with Crippen LogP contribution in [0.15, 0.2) is 66.7 Å². The van der Waals surface area contributed by atoms with Gasteiger partial charge in [0.05, 0.1) is 11.6 Å². The second-order valence-corrected chi connectivity index (χ2v) is 11.1. The molecule has 1 aromatic heterocycles. The summed E-state index contributed by atoms with van der Waals surface area (Å²) in [4.78, 5) is 20.1. The number of nitrogens with zero attached hydrogens (tertiary/aromatic N) is 2. The van der Waals surface area contributed by atoms with Gasteiger partial charge in [-0.05, 0) is 79.8 Å². The molecule has 1 aliphatic carbocycles. The molecule has 0 N–H and O–H groups in total. The van der Waals surface area contributed by atoms with Crippen molar-refractivity contribution in [3.8, 4) is 5.75 Å². The molecular formula is C30H28F6N2O2. The van der Waals surface area contributed by atoms with Crippen LogP contribution in [0.1, 0.15) is 74.0 Å². The minimum absolute atomic E-state index is 0.235. The lowest BCUT2D eigenvalue weighted by atomic mass is 9.78. The van der Waals surface area contributed by atoms with Crippen LogP contribution in [0.25, 0.3) is 0 Å². The second kappa shape index (κ2) is 10.1. The van der Waals surface area contributed by atoms with Crippen molar-refractivity contribution in [3.63, 3.8) is 0 Å². The molecule has 0 spiro atoms. The van der Waals surface area contributed by atoms with Crippen LogP contribution in [0, 0.1) is 5.92 Å². The number of amides is 1. The van der Waals surface area contributed by atoms with E-state index in [4.69, 9.17) is 4.98 Å². The number of benzene rings is 2. The number of halogens is 6. The normalized spacial score (nSPS) is 20.2. The van der Waals surface area contributed by atoms with Crippen LogP contribution >= 0.6 is 0 Å². The topological polar surface area (TPSA) is 42.4 Å². The summed E-state index contributed by atoms with van der Waals surface area (Å²) in [5, 5.41) is 0. The largest absolute Gasteiger partial charge is 0.573 e. The SMILES string of the molecule is CC(C)(C[C@@H]1C[C@H](c2cccc(OC(F)(F)F)c2)N(c2ccc(C(F)(F)F)cc2)C1=O)c1cccc(C2CC2)n1. The summed E-state index contributed by atoms with van der Waals surface area (Å²) in [7, 11) is 0. The molecule has 2 heterocycles. The quantitative estimate of drug-likeness (QED) is 0.272. The highest BCUT2D eigenvalue weighted by molar-refractivity contribution is 5.98. The van der Waals surface area contributed by atoms with Crippen LogP contribution < -0.4 is 9.64 Å². The summed E-state index contributed by atoms with van der Waals surface area (Å²) < 4.78 is 82.4. The van der Waals surface area contributed by atoms with Gasteiger partial charge in [-0.2, -0.15) is 13.2 Å². The molecule has 3 aromatic rings. The van der Waals surface area contributed by atoms with Crippen LogP contribution in [-0.4, -0.2) is 17.3 Å². The Labute approximate surface area is 228 Å². The van der Waals surface area contributed by atoms with Crippen molar-refractivity contribution in [1.29, 1.82) is 0 Å². The van der Waals surface area contributed by atoms with E-state index < -0.39 is 41.2 Å². The van der Waals surface area contributed by atoms with E-state index in [0.717, 1.165) is 42.4 Å². The van der Waals surface area contributed by atoms with Crippen molar-refractivity contribution in [1.82, 2.24) is 4.98 Å².